The van der Waals surface area contributed by atoms with Crippen LogP contribution in [0.2, 0.25) is 0 Å². The molecule has 2 rings (SSSR count). The summed E-state index contributed by atoms with van der Waals surface area (Å²) in [4.78, 5) is 23.2. The van der Waals surface area contributed by atoms with Crippen molar-refractivity contribution < 1.29 is 23.1 Å². The molecule has 0 saturated carbocycles. The Balaban J connectivity index is 1.90. The fourth-order valence-electron chi connectivity index (χ4n) is 1.47. The standard InChI is InChI=1S/C13H10F2N2O3S/c1-7-9(6-21-17-7)13(19)20-5-12(18)16-11-3-2-8(14)4-10(11)15/h2-4,6H,5H2,1H3,(H,16,18). The molecule has 0 spiro atoms. The van der Waals surface area contributed by atoms with Gasteiger partial charge in [0.1, 0.15) is 11.6 Å². The molecule has 1 amide bonds. The number of nitrogens with zero attached hydrogens (tertiary/aromatic N) is 1. The molecule has 1 aromatic carbocycles. The van der Waals surface area contributed by atoms with E-state index in [2.05, 4.69) is 9.69 Å². The highest BCUT2D eigenvalue weighted by Crippen LogP contribution is 2.15. The van der Waals surface area contributed by atoms with Crippen LogP contribution in [0.4, 0.5) is 14.5 Å². The summed E-state index contributed by atoms with van der Waals surface area (Å²) >= 11 is 1.10. The van der Waals surface area contributed by atoms with Gasteiger partial charge >= 0.3 is 5.97 Å². The van der Waals surface area contributed by atoms with Crippen LogP contribution in [0.5, 0.6) is 0 Å². The SMILES string of the molecule is Cc1nscc1C(=O)OCC(=O)Nc1ccc(F)cc1F. The number of nitrogens with one attached hydrogen (secondary N) is 1. The summed E-state index contributed by atoms with van der Waals surface area (Å²) in [5.41, 5.74) is 0.599. The summed E-state index contributed by atoms with van der Waals surface area (Å²) in [7, 11) is 0. The zero-order valence-electron chi connectivity index (χ0n) is 10.9. The van der Waals surface area contributed by atoms with E-state index in [1.54, 1.807) is 6.92 Å². The van der Waals surface area contributed by atoms with Crippen LogP contribution in [-0.2, 0) is 9.53 Å². The van der Waals surface area contributed by atoms with E-state index in [-0.39, 0.29) is 11.3 Å². The van der Waals surface area contributed by atoms with Crippen LogP contribution in [0.3, 0.4) is 0 Å². The fraction of sp³-hybridized carbons (Fsp3) is 0.154. The van der Waals surface area contributed by atoms with Crippen LogP contribution in [-0.4, -0.2) is 22.9 Å². The minimum absolute atomic E-state index is 0.189. The van der Waals surface area contributed by atoms with Gasteiger partial charge in [0, 0.05) is 11.4 Å². The van der Waals surface area contributed by atoms with Crippen molar-refractivity contribution in [3.63, 3.8) is 0 Å². The van der Waals surface area contributed by atoms with Crippen molar-refractivity contribution in [1.29, 1.82) is 0 Å². The summed E-state index contributed by atoms with van der Waals surface area (Å²) in [6, 6.07) is 2.73. The number of ether oxygens (including phenoxy) is 1. The largest absolute Gasteiger partial charge is 0.452 e. The molecule has 1 heterocycles. The van der Waals surface area contributed by atoms with Crippen molar-refractivity contribution in [2.24, 2.45) is 0 Å². The smallest absolute Gasteiger partial charge is 0.341 e. The predicted octanol–water partition coefficient (Wildman–Crippen LogP) is 2.53. The maximum absolute atomic E-state index is 13.3. The van der Waals surface area contributed by atoms with Crippen LogP contribution < -0.4 is 5.32 Å². The number of rotatable bonds is 4. The Morgan fingerprint density at radius 2 is 2.14 bits per heavy atom. The molecule has 0 bridgehead atoms. The Hall–Kier alpha value is -2.35. The average Bonchev–Trinajstić information content (AvgIpc) is 2.85. The molecular formula is C13H10F2N2O3S. The molecule has 1 aromatic heterocycles. The summed E-state index contributed by atoms with van der Waals surface area (Å²) in [5.74, 6) is -3.07. The third kappa shape index (κ3) is 3.82. The summed E-state index contributed by atoms with van der Waals surface area (Å²) < 4.78 is 34.7. The first-order chi connectivity index (χ1) is 9.97. The highest BCUT2D eigenvalue weighted by molar-refractivity contribution is 7.03. The van der Waals surface area contributed by atoms with Gasteiger partial charge in [-0.1, -0.05) is 0 Å². The second-order valence-corrected chi connectivity index (χ2v) is 4.69. The first kappa shape index (κ1) is 15.0. The fourth-order valence-corrected chi connectivity index (χ4v) is 2.16. The normalized spacial score (nSPS) is 10.2. The Morgan fingerprint density at radius 3 is 2.76 bits per heavy atom. The Labute approximate surface area is 122 Å². The van der Waals surface area contributed by atoms with Crippen LogP contribution in [0.15, 0.2) is 23.6 Å². The van der Waals surface area contributed by atoms with Crippen molar-refractivity contribution >= 4 is 29.1 Å². The number of carbonyl (C=O) groups excluding carboxylic acids is 2. The van der Waals surface area contributed by atoms with Crippen LogP contribution >= 0.6 is 11.5 Å². The van der Waals surface area contributed by atoms with Gasteiger partial charge in [-0.25, -0.2) is 13.6 Å². The van der Waals surface area contributed by atoms with E-state index >= 15 is 0 Å². The third-order valence-electron chi connectivity index (χ3n) is 2.51. The summed E-state index contributed by atoms with van der Waals surface area (Å²) in [6.45, 7) is 1.06. The van der Waals surface area contributed by atoms with Gasteiger partial charge in [-0.05, 0) is 30.6 Å². The third-order valence-corrected chi connectivity index (χ3v) is 3.23. The number of aromatic nitrogens is 1. The summed E-state index contributed by atoms with van der Waals surface area (Å²) in [6.07, 6.45) is 0. The molecule has 0 aliphatic heterocycles. The number of halogens is 2. The van der Waals surface area contributed by atoms with Gasteiger partial charge < -0.3 is 10.1 Å². The van der Waals surface area contributed by atoms with Crippen molar-refractivity contribution in [2.45, 2.75) is 6.92 Å². The van der Waals surface area contributed by atoms with E-state index in [4.69, 9.17) is 4.74 Å². The van der Waals surface area contributed by atoms with Crippen molar-refractivity contribution in [3.8, 4) is 0 Å². The molecule has 21 heavy (non-hydrogen) atoms. The highest BCUT2D eigenvalue weighted by Gasteiger charge is 2.15. The number of esters is 1. The van der Waals surface area contributed by atoms with Crippen molar-refractivity contribution in [2.75, 3.05) is 11.9 Å². The number of anilines is 1. The zero-order valence-corrected chi connectivity index (χ0v) is 11.7. The number of hydrogen-bond donors (Lipinski definition) is 1. The topological polar surface area (TPSA) is 68.3 Å². The molecule has 8 heteroatoms. The molecule has 2 aromatic rings. The van der Waals surface area contributed by atoms with Gasteiger partial charge in [0.05, 0.1) is 16.9 Å². The molecule has 0 saturated heterocycles. The number of hydrogen-bond acceptors (Lipinski definition) is 5. The monoisotopic (exact) mass is 312 g/mol. The molecule has 0 aliphatic carbocycles. The molecule has 1 N–H and O–H groups in total. The first-order valence-electron chi connectivity index (χ1n) is 5.80. The minimum Gasteiger partial charge on any atom is -0.452 e. The number of amides is 1. The quantitative estimate of drug-likeness (QED) is 0.881. The van der Waals surface area contributed by atoms with E-state index in [9.17, 15) is 18.4 Å². The minimum atomic E-state index is -0.910. The van der Waals surface area contributed by atoms with Gasteiger partial charge in [0.2, 0.25) is 0 Å². The first-order valence-corrected chi connectivity index (χ1v) is 6.64. The molecule has 0 aliphatic rings. The lowest BCUT2D eigenvalue weighted by Gasteiger charge is -2.07. The number of benzene rings is 1. The van der Waals surface area contributed by atoms with E-state index in [1.807, 2.05) is 0 Å². The molecule has 5 nitrogen and oxygen atoms in total. The highest BCUT2D eigenvalue weighted by atomic mass is 32.1. The maximum atomic E-state index is 13.3. The van der Waals surface area contributed by atoms with Gasteiger partial charge in [0.25, 0.3) is 5.91 Å². The van der Waals surface area contributed by atoms with Crippen LogP contribution in [0.1, 0.15) is 16.1 Å². The molecule has 0 fully saturated rings. The van der Waals surface area contributed by atoms with E-state index in [0.29, 0.717) is 11.8 Å². The number of aryl methyl sites for hydroxylation is 1. The van der Waals surface area contributed by atoms with Crippen LogP contribution in [0, 0.1) is 18.6 Å². The lowest BCUT2D eigenvalue weighted by molar-refractivity contribution is -0.119. The van der Waals surface area contributed by atoms with Gasteiger partial charge in [0.15, 0.2) is 6.61 Å². The average molecular weight is 312 g/mol. The Bertz CT molecular complexity index is 688. The molecule has 0 radical (unpaired) electrons. The molecule has 0 atom stereocenters. The maximum Gasteiger partial charge on any atom is 0.341 e. The zero-order chi connectivity index (χ0) is 15.4. The molecular weight excluding hydrogens is 302 g/mol. The van der Waals surface area contributed by atoms with Gasteiger partial charge in [-0.3, -0.25) is 4.79 Å². The Kier molecular flexibility index (Phi) is 4.59. The second kappa shape index (κ2) is 6.40. The van der Waals surface area contributed by atoms with Crippen molar-refractivity contribution in [3.05, 3.63) is 46.5 Å². The lowest BCUT2D eigenvalue weighted by atomic mass is 10.3. The predicted molar refractivity (Wildman–Crippen MR) is 72.1 cm³/mol. The second-order valence-electron chi connectivity index (χ2n) is 4.06. The van der Waals surface area contributed by atoms with Gasteiger partial charge in [-0.15, -0.1) is 0 Å². The Morgan fingerprint density at radius 1 is 1.38 bits per heavy atom. The van der Waals surface area contributed by atoms with Crippen LogP contribution in [0.25, 0.3) is 0 Å². The molecule has 0 unspecified atom stereocenters. The number of carbonyl (C=O) groups is 2. The summed E-state index contributed by atoms with van der Waals surface area (Å²) in [5, 5.41) is 3.69. The van der Waals surface area contributed by atoms with E-state index in [0.717, 1.165) is 23.7 Å². The van der Waals surface area contributed by atoms with Crippen molar-refractivity contribution in [1.82, 2.24) is 4.37 Å². The van der Waals surface area contributed by atoms with Gasteiger partial charge in [-0.2, -0.15) is 4.37 Å². The molecule has 110 valence electrons. The van der Waals surface area contributed by atoms with E-state index in [1.165, 1.54) is 5.38 Å². The van der Waals surface area contributed by atoms with E-state index < -0.39 is 30.1 Å². The lowest BCUT2D eigenvalue weighted by Crippen LogP contribution is -2.21.